The third-order valence-corrected chi connectivity index (χ3v) is 1.63. The topological polar surface area (TPSA) is 51.8 Å². The van der Waals surface area contributed by atoms with Crippen molar-refractivity contribution in [1.82, 2.24) is 15.0 Å². The van der Waals surface area contributed by atoms with E-state index in [1.54, 1.807) is 12.4 Å². The molecule has 2 aromatic heterocycles. The molecule has 0 amide bonds. The van der Waals surface area contributed by atoms with Gasteiger partial charge in [0.05, 0.1) is 11.8 Å². The molecule has 0 bridgehead atoms. The first kappa shape index (κ1) is 7.24. The van der Waals surface area contributed by atoms with Gasteiger partial charge in [-0.1, -0.05) is 11.6 Å². The van der Waals surface area contributed by atoms with E-state index in [1.807, 2.05) is 0 Å². The molecule has 0 unspecified atom stereocenters. The predicted octanol–water partition coefficient (Wildman–Crippen LogP) is 1.78. The molecule has 0 aliphatic rings. The fourth-order valence-corrected chi connectivity index (χ4v) is 0.988. The highest BCUT2D eigenvalue weighted by Crippen LogP contribution is 2.22. The van der Waals surface area contributed by atoms with E-state index in [0.717, 1.165) is 0 Å². The normalized spacial score (nSPS) is 10.1. The highest BCUT2D eigenvalue weighted by Gasteiger charge is 2.07. The maximum atomic E-state index is 5.76. The summed E-state index contributed by atoms with van der Waals surface area (Å²) in [5, 5.41) is 0.340. The molecule has 60 valence electrons. The average molecular weight is 182 g/mol. The van der Waals surface area contributed by atoms with E-state index in [2.05, 4.69) is 15.0 Å². The van der Waals surface area contributed by atoms with E-state index in [9.17, 15) is 0 Å². The number of hydrogen-bond acceptors (Lipinski definition) is 4. The smallest absolute Gasteiger partial charge is 0.230 e. The summed E-state index contributed by atoms with van der Waals surface area (Å²) in [6, 6.07) is 0. The molecule has 0 fully saturated rings. The minimum Gasteiger partial charge on any atom is -0.444 e. The zero-order valence-electron chi connectivity index (χ0n) is 5.94. The van der Waals surface area contributed by atoms with E-state index in [4.69, 9.17) is 16.0 Å². The van der Waals surface area contributed by atoms with Gasteiger partial charge in [-0.15, -0.1) is 0 Å². The summed E-state index contributed by atoms with van der Waals surface area (Å²) in [6.07, 6.45) is 5.94. The second kappa shape index (κ2) is 2.91. The third-order valence-electron chi connectivity index (χ3n) is 1.33. The molecule has 0 spiro atoms. The average Bonchev–Trinajstić information content (AvgIpc) is 2.57. The summed E-state index contributed by atoms with van der Waals surface area (Å²) >= 11 is 5.76. The largest absolute Gasteiger partial charge is 0.444 e. The number of nitrogens with zero attached hydrogens (tertiary/aromatic N) is 3. The molecule has 0 saturated heterocycles. The summed E-state index contributed by atoms with van der Waals surface area (Å²) in [5.41, 5.74) is 0.601. The second-order valence-electron chi connectivity index (χ2n) is 2.06. The van der Waals surface area contributed by atoms with Crippen molar-refractivity contribution in [2.45, 2.75) is 0 Å². The zero-order chi connectivity index (χ0) is 8.39. The summed E-state index contributed by atoms with van der Waals surface area (Å²) in [7, 11) is 0. The molecule has 4 nitrogen and oxygen atoms in total. The van der Waals surface area contributed by atoms with Crippen molar-refractivity contribution in [2.24, 2.45) is 0 Å². The Kier molecular flexibility index (Phi) is 1.75. The Labute approximate surface area is 73.2 Å². The number of oxazole rings is 1. The molecular weight excluding hydrogens is 178 g/mol. The van der Waals surface area contributed by atoms with Crippen molar-refractivity contribution >= 4 is 11.6 Å². The summed E-state index contributed by atoms with van der Waals surface area (Å²) < 4.78 is 5.02. The van der Waals surface area contributed by atoms with E-state index >= 15 is 0 Å². The number of hydrogen-bond donors (Lipinski definition) is 0. The molecule has 0 aliphatic carbocycles. The highest BCUT2D eigenvalue weighted by molar-refractivity contribution is 6.31. The van der Waals surface area contributed by atoms with E-state index < -0.39 is 0 Å². The van der Waals surface area contributed by atoms with Gasteiger partial charge in [0.2, 0.25) is 5.89 Å². The maximum Gasteiger partial charge on any atom is 0.230 e. The van der Waals surface area contributed by atoms with Gasteiger partial charge in [-0.3, -0.25) is 0 Å². The Morgan fingerprint density at radius 1 is 1.33 bits per heavy atom. The molecule has 2 rings (SSSR count). The Morgan fingerprint density at radius 3 is 2.92 bits per heavy atom. The molecule has 0 aromatic carbocycles. The van der Waals surface area contributed by atoms with Crippen LogP contribution in [0.4, 0.5) is 0 Å². The van der Waals surface area contributed by atoms with Gasteiger partial charge >= 0.3 is 0 Å². The Hall–Kier alpha value is -1.42. The van der Waals surface area contributed by atoms with Crippen LogP contribution in [0, 0.1) is 0 Å². The molecule has 0 atom stereocenters. The van der Waals surface area contributed by atoms with Crippen molar-refractivity contribution in [3.05, 3.63) is 30.1 Å². The van der Waals surface area contributed by atoms with Crippen molar-refractivity contribution in [3.8, 4) is 11.5 Å². The van der Waals surface area contributed by atoms with Gasteiger partial charge in [0.1, 0.15) is 17.7 Å². The summed E-state index contributed by atoms with van der Waals surface area (Å²) in [4.78, 5) is 11.5. The van der Waals surface area contributed by atoms with Gasteiger partial charge in [0, 0.05) is 6.20 Å². The van der Waals surface area contributed by atoms with Crippen molar-refractivity contribution in [2.75, 3.05) is 0 Å². The van der Waals surface area contributed by atoms with Gasteiger partial charge in [0.15, 0.2) is 0 Å². The molecule has 0 radical (unpaired) electrons. The lowest BCUT2D eigenvalue weighted by Gasteiger charge is -1.94. The van der Waals surface area contributed by atoms with E-state index in [1.165, 1.54) is 12.6 Å². The first-order valence-corrected chi connectivity index (χ1v) is 3.61. The number of halogens is 1. The monoisotopic (exact) mass is 181 g/mol. The molecule has 5 heteroatoms. The van der Waals surface area contributed by atoms with Crippen LogP contribution in [0.15, 0.2) is 29.4 Å². The van der Waals surface area contributed by atoms with Crippen LogP contribution in [-0.4, -0.2) is 15.0 Å². The standard InChI is InChI=1S/C7H4ClN3O/c8-6-5(3-9-4-11-6)7-10-1-2-12-7/h1-4H. The quantitative estimate of drug-likeness (QED) is 0.630. The van der Waals surface area contributed by atoms with E-state index in [0.29, 0.717) is 16.6 Å². The van der Waals surface area contributed by atoms with Crippen LogP contribution in [0.5, 0.6) is 0 Å². The second-order valence-corrected chi connectivity index (χ2v) is 2.42. The zero-order valence-corrected chi connectivity index (χ0v) is 6.69. The fourth-order valence-electron chi connectivity index (χ4n) is 0.815. The SMILES string of the molecule is Clc1ncncc1-c1ncco1. The fraction of sp³-hybridized carbons (Fsp3) is 0. The number of aromatic nitrogens is 3. The Morgan fingerprint density at radius 2 is 2.25 bits per heavy atom. The highest BCUT2D eigenvalue weighted by atomic mass is 35.5. The molecule has 0 aliphatic heterocycles. The Bertz CT molecular complexity index is 374. The molecule has 2 heterocycles. The van der Waals surface area contributed by atoms with Crippen LogP contribution in [0.25, 0.3) is 11.5 Å². The van der Waals surface area contributed by atoms with Gasteiger partial charge in [-0.2, -0.15) is 0 Å². The van der Waals surface area contributed by atoms with Crippen LogP contribution >= 0.6 is 11.6 Å². The van der Waals surface area contributed by atoms with Crippen LogP contribution in [-0.2, 0) is 0 Å². The van der Waals surface area contributed by atoms with Gasteiger partial charge in [-0.25, -0.2) is 15.0 Å². The van der Waals surface area contributed by atoms with Crippen LogP contribution in [0.1, 0.15) is 0 Å². The van der Waals surface area contributed by atoms with Gasteiger partial charge in [-0.05, 0) is 0 Å². The lowest BCUT2D eigenvalue weighted by molar-refractivity contribution is 0.574. The molecule has 12 heavy (non-hydrogen) atoms. The lowest BCUT2D eigenvalue weighted by Crippen LogP contribution is -1.84. The van der Waals surface area contributed by atoms with Crippen molar-refractivity contribution in [1.29, 1.82) is 0 Å². The van der Waals surface area contributed by atoms with Gasteiger partial charge in [0.25, 0.3) is 0 Å². The summed E-state index contributed by atoms with van der Waals surface area (Å²) in [5.74, 6) is 0.431. The van der Waals surface area contributed by atoms with Crippen molar-refractivity contribution in [3.63, 3.8) is 0 Å². The lowest BCUT2D eigenvalue weighted by atomic mass is 10.3. The van der Waals surface area contributed by atoms with Gasteiger partial charge < -0.3 is 4.42 Å². The minimum absolute atomic E-state index is 0.340. The Balaban J connectivity index is 2.55. The molecular formula is C7H4ClN3O. The first-order valence-electron chi connectivity index (χ1n) is 3.23. The van der Waals surface area contributed by atoms with Crippen molar-refractivity contribution < 1.29 is 4.42 Å². The maximum absolute atomic E-state index is 5.76. The molecule has 0 N–H and O–H groups in total. The third kappa shape index (κ3) is 1.16. The van der Waals surface area contributed by atoms with Crippen LogP contribution in [0.2, 0.25) is 5.15 Å². The number of rotatable bonds is 1. The predicted molar refractivity (Wildman–Crippen MR) is 42.5 cm³/mol. The molecule has 2 aromatic rings. The summed E-state index contributed by atoms with van der Waals surface area (Å²) in [6.45, 7) is 0. The minimum atomic E-state index is 0.340. The first-order chi connectivity index (χ1) is 5.88. The molecule has 0 saturated carbocycles. The van der Waals surface area contributed by atoms with Crippen LogP contribution < -0.4 is 0 Å². The van der Waals surface area contributed by atoms with E-state index in [-0.39, 0.29) is 0 Å². The van der Waals surface area contributed by atoms with Crippen LogP contribution in [0.3, 0.4) is 0 Å².